The molecule has 1 fully saturated rings. The number of hydrogen-bond acceptors (Lipinski definition) is 3. The monoisotopic (exact) mass is 357 g/mol. The van der Waals surface area contributed by atoms with Crippen molar-refractivity contribution < 1.29 is 14.7 Å². The Hall–Kier alpha value is -3.24. The molecule has 0 aliphatic carbocycles. The molecular formula is C23H19NO3. The first-order valence-corrected chi connectivity index (χ1v) is 8.84. The van der Waals surface area contributed by atoms with Crippen molar-refractivity contribution in [3.63, 3.8) is 0 Å². The Bertz CT molecular complexity index is 943. The van der Waals surface area contributed by atoms with Crippen molar-refractivity contribution in [3.8, 4) is 0 Å². The van der Waals surface area contributed by atoms with Crippen LogP contribution < -0.4 is 4.90 Å². The normalized spacial score (nSPS) is 24.8. The Kier molecular flexibility index (Phi) is 4.34. The highest BCUT2D eigenvalue weighted by atomic mass is 16.3. The zero-order chi connectivity index (χ0) is 18.9. The number of aldehydes is 1. The molecule has 1 heterocycles. The van der Waals surface area contributed by atoms with Crippen LogP contribution in [0.3, 0.4) is 0 Å². The molecule has 1 aliphatic rings. The lowest BCUT2D eigenvalue weighted by Gasteiger charge is -2.27. The van der Waals surface area contributed by atoms with Crippen LogP contribution >= 0.6 is 0 Å². The lowest BCUT2D eigenvalue weighted by molar-refractivity contribution is -0.141. The minimum absolute atomic E-state index is 0.423. The maximum absolute atomic E-state index is 13.5. The van der Waals surface area contributed by atoms with E-state index in [1.165, 1.54) is 0 Å². The number of hydrogen-bond donors (Lipinski definition) is 1. The van der Waals surface area contributed by atoms with Gasteiger partial charge in [-0.1, -0.05) is 78.9 Å². The summed E-state index contributed by atoms with van der Waals surface area (Å²) in [5, 5.41) is 11.5. The summed E-state index contributed by atoms with van der Waals surface area (Å²) in [7, 11) is 0. The summed E-state index contributed by atoms with van der Waals surface area (Å²) < 4.78 is 0. The van der Waals surface area contributed by atoms with Gasteiger partial charge in [0.2, 0.25) is 0 Å². The Morgan fingerprint density at radius 3 is 1.89 bits per heavy atom. The molecule has 3 aromatic rings. The van der Waals surface area contributed by atoms with Crippen LogP contribution in [0.5, 0.6) is 0 Å². The molecular weight excluding hydrogens is 338 g/mol. The number of rotatable bonds is 4. The van der Waals surface area contributed by atoms with Crippen molar-refractivity contribution >= 4 is 17.9 Å². The fourth-order valence-corrected chi connectivity index (χ4v) is 3.90. The number of nitrogens with zero attached hydrogens (tertiary/aromatic N) is 1. The average Bonchev–Trinajstić information content (AvgIpc) is 2.98. The van der Waals surface area contributed by atoms with Gasteiger partial charge in [-0.05, 0) is 23.3 Å². The van der Waals surface area contributed by atoms with Gasteiger partial charge in [0.25, 0.3) is 5.91 Å². The molecule has 1 N–H and O–H groups in total. The van der Waals surface area contributed by atoms with Crippen molar-refractivity contribution in [3.05, 3.63) is 102 Å². The molecule has 4 nitrogen and oxygen atoms in total. The zero-order valence-corrected chi connectivity index (χ0v) is 14.6. The maximum atomic E-state index is 13.5. The Labute approximate surface area is 157 Å². The standard InChI is InChI=1S/C23H19NO3/c25-16-20-21(17-10-4-1-5-11-17)24(19-14-8-3-9-15-19)22(26)23(20,27)18-12-6-2-7-13-18/h1-16,20-21,27H/t20-,21-,23+/m1/s1. The molecule has 1 amide bonds. The smallest absolute Gasteiger partial charge is 0.265 e. The number of aliphatic hydroxyl groups is 1. The molecule has 134 valence electrons. The van der Waals surface area contributed by atoms with Crippen LogP contribution in [0.2, 0.25) is 0 Å². The summed E-state index contributed by atoms with van der Waals surface area (Å²) in [6.45, 7) is 0. The van der Waals surface area contributed by atoms with Crippen molar-refractivity contribution in [2.24, 2.45) is 5.92 Å². The minimum atomic E-state index is -1.92. The van der Waals surface area contributed by atoms with Gasteiger partial charge in [0.05, 0.1) is 12.0 Å². The first-order valence-electron chi connectivity index (χ1n) is 8.84. The summed E-state index contributed by atoms with van der Waals surface area (Å²) in [5.41, 5.74) is -0.0421. The second kappa shape index (κ2) is 6.82. The van der Waals surface area contributed by atoms with E-state index in [-0.39, 0.29) is 0 Å². The van der Waals surface area contributed by atoms with Gasteiger partial charge >= 0.3 is 0 Å². The summed E-state index contributed by atoms with van der Waals surface area (Å²) in [5.74, 6) is -1.43. The average molecular weight is 357 g/mol. The predicted molar refractivity (Wildman–Crippen MR) is 103 cm³/mol. The van der Waals surface area contributed by atoms with Crippen LogP contribution in [0.1, 0.15) is 17.2 Å². The molecule has 3 atom stereocenters. The van der Waals surface area contributed by atoms with Gasteiger partial charge in [0, 0.05) is 5.69 Å². The molecule has 4 rings (SSSR count). The number of para-hydroxylation sites is 1. The first kappa shape index (κ1) is 17.2. The molecule has 0 aromatic heterocycles. The fraction of sp³-hybridized carbons (Fsp3) is 0.130. The lowest BCUT2D eigenvalue weighted by Crippen LogP contribution is -2.41. The van der Waals surface area contributed by atoms with E-state index in [1.54, 1.807) is 29.2 Å². The zero-order valence-electron chi connectivity index (χ0n) is 14.6. The van der Waals surface area contributed by atoms with Crippen molar-refractivity contribution in [1.82, 2.24) is 0 Å². The molecule has 4 heteroatoms. The highest BCUT2D eigenvalue weighted by Gasteiger charge is 2.60. The molecule has 0 bridgehead atoms. The second-order valence-electron chi connectivity index (χ2n) is 6.66. The van der Waals surface area contributed by atoms with Gasteiger partial charge < -0.3 is 14.8 Å². The van der Waals surface area contributed by atoms with E-state index in [0.717, 1.165) is 5.56 Å². The Morgan fingerprint density at radius 2 is 1.33 bits per heavy atom. The molecule has 0 radical (unpaired) electrons. The highest BCUT2D eigenvalue weighted by Crippen LogP contribution is 2.50. The van der Waals surface area contributed by atoms with Crippen LogP contribution in [-0.4, -0.2) is 17.3 Å². The van der Waals surface area contributed by atoms with E-state index in [0.29, 0.717) is 17.5 Å². The van der Waals surface area contributed by atoms with Crippen LogP contribution in [0, 0.1) is 5.92 Å². The van der Waals surface area contributed by atoms with E-state index in [2.05, 4.69) is 0 Å². The SMILES string of the molecule is O=C[C@@H]1[C@@H](c2ccccc2)N(c2ccccc2)C(=O)[C@]1(O)c1ccccc1. The summed E-state index contributed by atoms with van der Waals surface area (Å²) in [4.78, 5) is 27.2. The lowest BCUT2D eigenvalue weighted by atomic mass is 9.79. The number of anilines is 1. The van der Waals surface area contributed by atoms with E-state index in [9.17, 15) is 14.7 Å². The Balaban J connectivity index is 1.94. The van der Waals surface area contributed by atoms with Gasteiger partial charge in [-0.25, -0.2) is 0 Å². The van der Waals surface area contributed by atoms with Crippen LogP contribution in [0.4, 0.5) is 5.69 Å². The fourth-order valence-electron chi connectivity index (χ4n) is 3.90. The van der Waals surface area contributed by atoms with Crippen molar-refractivity contribution in [1.29, 1.82) is 0 Å². The van der Waals surface area contributed by atoms with Gasteiger partial charge in [-0.3, -0.25) is 4.79 Å². The van der Waals surface area contributed by atoms with E-state index < -0.39 is 23.5 Å². The van der Waals surface area contributed by atoms with Crippen LogP contribution in [-0.2, 0) is 15.2 Å². The van der Waals surface area contributed by atoms with Crippen LogP contribution in [0.15, 0.2) is 91.0 Å². The topological polar surface area (TPSA) is 57.6 Å². The number of benzene rings is 3. The van der Waals surface area contributed by atoms with Gasteiger partial charge in [-0.15, -0.1) is 0 Å². The second-order valence-corrected chi connectivity index (χ2v) is 6.66. The molecule has 27 heavy (non-hydrogen) atoms. The van der Waals surface area contributed by atoms with Gasteiger partial charge in [0.15, 0.2) is 5.60 Å². The summed E-state index contributed by atoms with van der Waals surface area (Å²) in [6.07, 6.45) is 0.700. The van der Waals surface area contributed by atoms with Crippen molar-refractivity contribution in [2.75, 3.05) is 4.90 Å². The largest absolute Gasteiger partial charge is 0.375 e. The molecule has 3 aromatic carbocycles. The predicted octanol–water partition coefficient (Wildman–Crippen LogP) is 3.48. The number of carbonyl (C=O) groups is 2. The summed E-state index contributed by atoms with van der Waals surface area (Å²) >= 11 is 0. The van der Waals surface area contributed by atoms with E-state index in [1.807, 2.05) is 66.7 Å². The molecule has 0 spiro atoms. The quantitative estimate of drug-likeness (QED) is 0.728. The van der Waals surface area contributed by atoms with Crippen molar-refractivity contribution in [2.45, 2.75) is 11.6 Å². The third kappa shape index (κ3) is 2.66. The van der Waals surface area contributed by atoms with Gasteiger partial charge in [0.1, 0.15) is 6.29 Å². The molecule has 0 saturated carbocycles. The summed E-state index contributed by atoms with van der Waals surface area (Å²) in [6, 6.07) is 26.6. The van der Waals surface area contributed by atoms with E-state index in [4.69, 9.17) is 0 Å². The minimum Gasteiger partial charge on any atom is -0.375 e. The van der Waals surface area contributed by atoms with Gasteiger partial charge in [-0.2, -0.15) is 0 Å². The van der Waals surface area contributed by atoms with E-state index >= 15 is 0 Å². The molecule has 1 aliphatic heterocycles. The maximum Gasteiger partial charge on any atom is 0.265 e. The number of carbonyl (C=O) groups excluding carboxylic acids is 2. The third-order valence-electron chi connectivity index (χ3n) is 5.18. The highest BCUT2D eigenvalue weighted by molar-refractivity contribution is 6.06. The first-order chi connectivity index (χ1) is 13.2. The Morgan fingerprint density at radius 1 is 0.815 bits per heavy atom. The van der Waals surface area contributed by atoms with Crippen LogP contribution in [0.25, 0.3) is 0 Å². The number of amides is 1. The third-order valence-corrected chi connectivity index (χ3v) is 5.18. The molecule has 0 unspecified atom stereocenters. The molecule has 1 saturated heterocycles.